The first-order valence-corrected chi connectivity index (χ1v) is 7.40. The highest BCUT2D eigenvalue weighted by Gasteiger charge is 2.20. The molecule has 1 aliphatic rings. The minimum absolute atomic E-state index is 0.258. The van der Waals surface area contributed by atoms with Gasteiger partial charge in [0, 0.05) is 5.69 Å². The molecule has 110 valence electrons. The summed E-state index contributed by atoms with van der Waals surface area (Å²) in [4.78, 5) is 0. The molecule has 1 aliphatic carbocycles. The molecule has 0 bridgehead atoms. The van der Waals surface area contributed by atoms with Crippen LogP contribution in [0.15, 0.2) is 36.4 Å². The van der Waals surface area contributed by atoms with E-state index in [0.717, 1.165) is 29.8 Å². The van der Waals surface area contributed by atoms with Crippen LogP contribution in [0.1, 0.15) is 35.6 Å². The zero-order chi connectivity index (χ0) is 14.8. The molecule has 1 atom stereocenters. The quantitative estimate of drug-likeness (QED) is 0.887. The molecule has 0 spiro atoms. The molecule has 0 aliphatic heterocycles. The Morgan fingerprint density at radius 3 is 2.81 bits per heavy atom. The summed E-state index contributed by atoms with van der Waals surface area (Å²) in [6.45, 7) is 2.05. The number of nitrogens with one attached hydrogen (secondary N) is 1. The molecule has 3 heteroatoms. The lowest BCUT2D eigenvalue weighted by Crippen LogP contribution is -2.17. The molecule has 0 radical (unpaired) electrons. The standard InChI is InChI=1S/C18H21NO2/c1-12-10-14(7-9-18(12)21-2)19-17-5-3-4-13-6-8-15(20)11-16(13)17/h6-11,17,19-20H,3-5H2,1-2H3. The van der Waals surface area contributed by atoms with Crippen LogP contribution in [-0.2, 0) is 6.42 Å². The summed E-state index contributed by atoms with van der Waals surface area (Å²) in [6.07, 6.45) is 3.35. The van der Waals surface area contributed by atoms with Crippen LogP contribution in [0.4, 0.5) is 5.69 Å². The van der Waals surface area contributed by atoms with Crippen LogP contribution in [-0.4, -0.2) is 12.2 Å². The van der Waals surface area contributed by atoms with Gasteiger partial charge < -0.3 is 15.2 Å². The van der Waals surface area contributed by atoms with Crippen molar-refractivity contribution in [1.29, 1.82) is 0 Å². The number of anilines is 1. The predicted molar refractivity (Wildman–Crippen MR) is 85.1 cm³/mol. The Bertz CT molecular complexity index is 652. The van der Waals surface area contributed by atoms with E-state index in [4.69, 9.17) is 4.74 Å². The molecule has 0 aromatic heterocycles. The third-order valence-corrected chi connectivity index (χ3v) is 4.18. The van der Waals surface area contributed by atoms with Crippen LogP contribution in [0.5, 0.6) is 11.5 Å². The molecule has 2 aromatic carbocycles. The summed E-state index contributed by atoms with van der Waals surface area (Å²) in [5, 5.41) is 13.3. The summed E-state index contributed by atoms with van der Waals surface area (Å²) in [7, 11) is 1.69. The van der Waals surface area contributed by atoms with Gasteiger partial charge in [-0.3, -0.25) is 0 Å². The third kappa shape index (κ3) is 2.82. The van der Waals surface area contributed by atoms with Gasteiger partial charge in [-0.1, -0.05) is 6.07 Å². The van der Waals surface area contributed by atoms with Gasteiger partial charge in [-0.2, -0.15) is 0 Å². The maximum Gasteiger partial charge on any atom is 0.121 e. The highest BCUT2D eigenvalue weighted by Crippen LogP contribution is 2.35. The third-order valence-electron chi connectivity index (χ3n) is 4.18. The summed E-state index contributed by atoms with van der Waals surface area (Å²) in [5.41, 5.74) is 4.76. The van der Waals surface area contributed by atoms with Crippen LogP contribution < -0.4 is 10.1 Å². The Labute approximate surface area is 125 Å². The lowest BCUT2D eigenvalue weighted by Gasteiger charge is -2.27. The lowest BCUT2D eigenvalue weighted by molar-refractivity contribution is 0.411. The van der Waals surface area contributed by atoms with Crippen LogP contribution in [0.25, 0.3) is 0 Å². The Morgan fingerprint density at radius 2 is 2.05 bits per heavy atom. The maximum absolute atomic E-state index is 9.74. The largest absolute Gasteiger partial charge is 0.508 e. The van der Waals surface area contributed by atoms with Crippen LogP contribution in [0.2, 0.25) is 0 Å². The van der Waals surface area contributed by atoms with Crippen molar-refractivity contribution in [3.05, 3.63) is 53.1 Å². The van der Waals surface area contributed by atoms with Crippen molar-refractivity contribution in [3.8, 4) is 11.5 Å². The highest BCUT2D eigenvalue weighted by atomic mass is 16.5. The number of phenols is 1. The summed E-state index contributed by atoms with van der Waals surface area (Å²) in [5.74, 6) is 1.25. The fraction of sp³-hybridized carbons (Fsp3) is 0.333. The van der Waals surface area contributed by atoms with E-state index >= 15 is 0 Å². The zero-order valence-electron chi connectivity index (χ0n) is 12.5. The molecule has 21 heavy (non-hydrogen) atoms. The van der Waals surface area contributed by atoms with Gasteiger partial charge in [-0.25, -0.2) is 0 Å². The maximum atomic E-state index is 9.74. The highest BCUT2D eigenvalue weighted by molar-refractivity contribution is 5.53. The summed E-state index contributed by atoms with van der Waals surface area (Å²) < 4.78 is 5.30. The zero-order valence-corrected chi connectivity index (χ0v) is 12.5. The van der Waals surface area contributed by atoms with Gasteiger partial charge in [0.1, 0.15) is 11.5 Å². The van der Waals surface area contributed by atoms with Crippen molar-refractivity contribution >= 4 is 5.69 Å². The second-order valence-electron chi connectivity index (χ2n) is 5.66. The number of ether oxygens (including phenoxy) is 1. The summed E-state index contributed by atoms with van der Waals surface area (Å²) >= 11 is 0. The molecular weight excluding hydrogens is 262 g/mol. The molecule has 3 rings (SSSR count). The molecule has 0 fully saturated rings. The van der Waals surface area contributed by atoms with Crippen LogP contribution in [0, 0.1) is 6.92 Å². The second-order valence-corrected chi connectivity index (χ2v) is 5.66. The Hall–Kier alpha value is -2.16. The van der Waals surface area contributed by atoms with Crippen molar-refractivity contribution in [1.82, 2.24) is 0 Å². The number of aryl methyl sites for hydroxylation is 2. The average Bonchev–Trinajstić information content (AvgIpc) is 2.48. The summed E-state index contributed by atoms with van der Waals surface area (Å²) in [6, 6.07) is 12.1. The van der Waals surface area contributed by atoms with Gasteiger partial charge >= 0.3 is 0 Å². The number of fused-ring (bicyclic) bond motifs is 1. The molecule has 0 amide bonds. The van der Waals surface area contributed by atoms with E-state index in [0.29, 0.717) is 5.75 Å². The number of hydrogen-bond acceptors (Lipinski definition) is 3. The van der Waals surface area contributed by atoms with Crippen molar-refractivity contribution < 1.29 is 9.84 Å². The number of rotatable bonds is 3. The monoisotopic (exact) mass is 283 g/mol. The van der Waals surface area contributed by atoms with E-state index in [9.17, 15) is 5.11 Å². The van der Waals surface area contributed by atoms with Crippen LogP contribution in [0.3, 0.4) is 0 Å². The van der Waals surface area contributed by atoms with E-state index in [1.165, 1.54) is 17.5 Å². The number of aromatic hydroxyl groups is 1. The number of phenolic OH excluding ortho intramolecular Hbond substituents is 1. The Morgan fingerprint density at radius 1 is 1.19 bits per heavy atom. The predicted octanol–water partition coefficient (Wildman–Crippen LogP) is 4.20. The normalized spacial score (nSPS) is 17.1. The Balaban J connectivity index is 1.86. The van der Waals surface area contributed by atoms with E-state index in [-0.39, 0.29) is 6.04 Å². The van der Waals surface area contributed by atoms with Gasteiger partial charge in [0.25, 0.3) is 0 Å². The molecule has 0 saturated carbocycles. The van der Waals surface area contributed by atoms with Crippen molar-refractivity contribution in [3.63, 3.8) is 0 Å². The number of benzene rings is 2. The molecule has 0 saturated heterocycles. The topological polar surface area (TPSA) is 41.5 Å². The molecule has 2 N–H and O–H groups in total. The number of methoxy groups -OCH3 is 1. The smallest absolute Gasteiger partial charge is 0.121 e. The van der Waals surface area contributed by atoms with Gasteiger partial charge in [0.05, 0.1) is 13.2 Å². The first-order valence-electron chi connectivity index (χ1n) is 7.40. The molecule has 0 heterocycles. The number of hydrogen-bond donors (Lipinski definition) is 2. The fourth-order valence-corrected chi connectivity index (χ4v) is 3.11. The molecule has 2 aromatic rings. The van der Waals surface area contributed by atoms with E-state index < -0.39 is 0 Å². The Kier molecular flexibility index (Phi) is 3.74. The van der Waals surface area contributed by atoms with E-state index in [2.05, 4.69) is 11.4 Å². The van der Waals surface area contributed by atoms with Gasteiger partial charge in [0.15, 0.2) is 0 Å². The van der Waals surface area contributed by atoms with Crippen LogP contribution >= 0.6 is 0 Å². The SMILES string of the molecule is COc1ccc(NC2CCCc3ccc(O)cc32)cc1C. The lowest BCUT2D eigenvalue weighted by atomic mass is 9.87. The van der Waals surface area contributed by atoms with Gasteiger partial charge in [-0.15, -0.1) is 0 Å². The van der Waals surface area contributed by atoms with Crippen molar-refractivity contribution in [2.45, 2.75) is 32.2 Å². The minimum Gasteiger partial charge on any atom is -0.508 e. The van der Waals surface area contributed by atoms with Gasteiger partial charge in [0.2, 0.25) is 0 Å². The molecule has 1 unspecified atom stereocenters. The minimum atomic E-state index is 0.258. The molecule has 3 nitrogen and oxygen atoms in total. The van der Waals surface area contributed by atoms with Crippen molar-refractivity contribution in [2.24, 2.45) is 0 Å². The fourth-order valence-electron chi connectivity index (χ4n) is 3.11. The van der Waals surface area contributed by atoms with Gasteiger partial charge in [-0.05, 0) is 73.2 Å². The average molecular weight is 283 g/mol. The second kappa shape index (κ2) is 5.68. The van der Waals surface area contributed by atoms with E-state index in [1.807, 2.05) is 31.2 Å². The van der Waals surface area contributed by atoms with E-state index in [1.54, 1.807) is 13.2 Å². The van der Waals surface area contributed by atoms with Crippen molar-refractivity contribution in [2.75, 3.05) is 12.4 Å². The first kappa shape index (κ1) is 13.8. The first-order chi connectivity index (χ1) is 10.2. The molecular formula is C18H21NO2.